The van der Waals surface area contributed by atoms with Gasteiger partial charge in [-0.15, -0.1) is 0 Å². The Labute approximate surface area is 106 Å². The average Bonchev–Trinajstić information content (AvgIpc) is 2.26. The van der Waals surface area contributed by atoms with E-state index in [0.717, 1.165) is 16.5 Å². The summed E-state index contributed by atoms with van der Waals surface area (Å²) in [5, 5.41) is 1.67. The van der Waals surface area contributed by atoms with Crippen molar-refractivity contribution in [3.63, 3.8) is 0 Å². The number of fused-ring (bicyclic) bond motifs is 1. The molecule has 1 atom stereocenters. The lowest BCUT2D eigenvalue weighted by molar-refractivity contribution is 0.562. The predicted octanol–water partition coefficient (Wildman–Crippen LogP) is 2.48. The van der Waals surface area contributed by atoms with E-state index in [1.165, 1.54) is 0 Å². The van der Waals surface area contributed by atoms with Crippen LogP contribution in [0.5, 0.6) is 0 Å². The Kier molecular flexibility index (Phi) is 3.07. The van der Waals surface area contributed by atoms with Crippen LogP contribution in [-0.4, -0.2) is 22.9 Å². The van der Waals surface area contributed by atoms with Gasteiger partial charge in [0.2, 0.25) is 0 Å². The van der Waals surface area contributed by atoms with Crippen molar-refractivity contribution < 1.29 is 8.76 Å². The molecule has 2 rings (SSSR count). The highest BCUT2D eigenvalue weighted by Crippen LogP contribution is 2.29. The Hall–Kier alpha value is -1.17. The highest BCUT2D eigenvalue weighted by Gasteiger charge is 2.12. The first-order chi connectivity index (χ1) is 7.91. The number of rotatable bonds is 2. The van der Waals surface area contributed by atoms with Crippen LogP contribution in [0, 0.1) is 0 Å². The maximum Gasteiger partial charge on any atom is 0.171 e. The molecule has 0 radical (unpaired) electrons. The molecule has 17 heavy (non-hydrogen) atoms. The number of benzene rings is 2. The van der Waals surface area contributed by atoms with Gasteiger partial charge in [-0.25, -0.2) is 4.21 Å². The van der Waals surface area contributed by atoms with Gasteiger partial charge in [-0.1, -0.05) is 24.3 Å². The van der Waals surface area contributed by atoms with Gasteiger partial charge in [-0.3, -0.25) is 0 Å². The van der Waals surface area contributed by atoms with Crippen molar-refractivity contribution in [1.82, 2.24) is 0 Å². The first-order valence-electron chi connectivity index (χ1n) is 5.08. The molecule has 1 N–H and O–H groups in total. The second-order valence-electron chi connectivity index (χ2n) is 4.00. The molecule has 5 heteroatoms. The zero-order valence-corrected chi connectivity index (χ0v) is 11.2. The monoisotopic (exact) mass is 267 g/mol. The molecule has 2 aromatic rings. The number of hydrogen-bond donors (Lipinski definition) is 1. The van der Waals surface area contributed by atoms with E-state index < -0.39 is 8.77 Å². The molecule has 0 saturated heterocycles. The zero-order valence-electron chi connectivity index (χ0n) is 9.58. The summed E-state index contributed by atoms with van der Waals surface area (Å²) in [4.78, 5) is 2.28. The maximum atomic E-state index is 11.6. The molecular formula is C12H13NO2S2. The van der Waals surface area contributed by atoms with Gasteiger partial charge in [0.15, 0.2) is 8.77 Å². The van der Waals surface area contributed by atoms with Crippen LogP contribution in [0.1, 0.15) is 0 Å². The molecule has 0 saturated carbocycles. The van der Waals surface area contributed by atoms with Crippen molar-refractivity contribution in [2.24, 2.45) is 0 Å². The second-order valence-corrected chi connectivity index (χ2v) is 6.74. The summed E-state index contributed by atoms with van der Waals surface area (Å²) in [5.74, 6) is 0. The van der Waals surface area contributed by atoms with Crippen molar-refractivity contribution in [3.05, 3.63) is 36.4 Å². The topological polar surface area (TPSA) is 40.5 Å². The lowest BCUT2D eigenvalue weighted by atomic mass is 10.1. The van der Waals surface area contributed by atoms with Gasteiger partial charge in [0.25, 0.3) is 0 Å². The third-order valence-corrected chi connectivity index (χ3v) is 4.07. The molecule has 2 aromatic carbocycles. The predicted molar refractivity (Wildman–Crippen MR) is 74.7 cm³/mol. The van der Waals surface area contributed by atoms with Gasteiger partial charge in [-0.2, -0.15) is 0 Å². The molecule has 0 amide bonds. The number of nitrogens with zero attached hydrogens (tertiary/aromatic N) is 1. The summed E-state index contributed by atoms with van der Waals surface area (Å²) in [6.07, 6.45) is 0. The highest BCUT2D eigenvalue weighted by atomic mass is 32.8. The van der Waals surface area contributed by atoms with Crippen molar-refractivity contribution in [2.45, 2.75) is 4.90 Å². The molecule has 0 aliphatic carbocycles. The van der Waals surface area contributed by atoms with Crippen molar-refractivity contribution in [1.29, 1.82) is 0 Å². The van der Waals surface area contributed by atoms with E-state index in [0.29, 0.717) is 4.90 Å². The van der Waals surface area contributed by atoms with Crippen LogP contribution in [0.4, 0.5) is 5.69 Å². The van der Waals surface area contributed by atoms with Gasteiger partial charge in [-0.05, 0) is 12.1 Å². The number of anilines is 1. The summed E-state index contributed by atoms with van der Waals surface area (Å²) in [7, 11) is 0.515. The van der Waals surface area contributed by atoms with E-state index in [4.69, 9.17) is 0 Å². The SMILES string of the molecule is CN(C)c1cccc2c(S(=O)(O)=S)cccc12. The molecule has 3 nitrogen and oxygen atoms in total. The third kappa shape index (κ3) is 2.26. The molecule has 0 spiro atoms. The lowest BCUT2D eigenvalue weighted by Crippen LogP contribution is -2.09. The fourth-order valence-electron chi connectivity index (χ4n) is 1.88. The van der Waals surface area contributed by atoms with E-state index in [9.17, 15) is 8.76 Å². The van der Waals surface area contributed by atoms with Crippen LogP contribution in [0.15, 0.2) is 41.3 Å². The summed E-state index contributed by atoms with van der Waals surface area (Å²) in [5.41, 5.74) is 1.00. The van der Waals surface area contributed by atoms with Crippen LogP contribution >= 0.6 is 0 Å². The van der Waals surface area contributed by atoms with Crippen molar-refractivity contribution >= 4 is 36.4 Å². The van der Waals surface area contributed by atoms with Crippen LogP contribution in [-0.2, 0) is 20.0 Å². The van der Waals surface area contributed by atoms with Gasteiger partial charge in [0.05, 0.1) is 4.90 Å². The minimum atomic E-state index is -3.36. The summed E-state index contributed by atoms with van der Waals surface area (Å²) in [6, 6.07) is 10.9. The normalized spacial score (nSPS) is 14.5. The Morgan fingerprint density at radius 3 is 2.29 bits per heavy atom. The fraction of sp³-hybridized carbons (Fsp3) is 0.167. The minimum Gasteiger partial charge on any atom is -0.377 e. The first-order valence-corrected chi connectivity index (χ1v) is 7.52. The van der Waals surface area contributed by atoms with Gasteiger partial charge < -0.3 is 9.45 Å². The van der Waals surface area contributed by atoms with Gasteiger partial charge in [0, 0.05) is 41.7 Å². The Morgan fingerprint density at radius 1 is 1.12 bits per heavy atom. The first kappa shape index (κ1) is 12.3. The van der Waals surface area contributed by atoms with Crippen molar-refractivity contribution in [2.75, 3.05) is 19.0 Å². The number of hydrogen-bond acceptors (Lipinski definition) is 3. The molecule has 90 valence electrons. The smallest absolute Gasteiger partial charge is 0.171 e. The van der Waals surface area contributed by atoms with E-state index >= 15 is 0 Å². The maximum absolute atomic E-state index is 11.6. The van der Waals surface area contributed by atoms with E-state index in [2.05, 4.69) is 11.2 Å². The standard InChI is InChI=1S/C12H13NO2S2/c1-13(2)11-7-3-6-10-9(11)5-4-8-12(10)17(14,15)16/h3-8H,1-2H3,(H,14,15,16). The quantitative estimate of drug-likeness (QED) is 0.907. The van der Waals surface area contributed by atoms with Crippen LogP contribution in [0.3, 0.4) is 0 Å². The van der Waals surface area contributed by atoms with E-state index in [1.54, 1.807) is 12.1 Å². The highest BCUT2D eigenvalue weighted by molar-refractivity contribution is 8.29. The molecule has 0 aromatic heterocycles. The summed E-state index contributed by atoms with van der Waals surface area (Å²) in [6.45, 7) is 0. The lowest BCUT2D eigenvalue weighted by Gasteiger charge is -2.16. The van der Waals surface area contributed by atoms with Crippen LogP contribution in [0.25, 0.3) is 10.8 Å². The molecular weight excluding hydrogens is 254 g/mol. The molecule has 0 heterocycles. The molecule has 0 fully saturated rings. The molecule has 0 aliphatic heterocycles. The fourth-order valence-corrected chi connectivity index (χ4v) is 3.02. The molecule has 0 aliphatic rings. The largest absolute Gasteiger partial charge is 0.377 e. The third-order valence-electron chi connectivity index (χ3n) is 2.62. The van der Waals surface area contributed by atoms with Crippen molar-refractivity contribution in [3.8, 4) is 0 Å². The molecule has 1 unspecified atom stereocenters. The van der Waals surface area contributed by atoms with E-state index in [1.807, 2.05) is 43.3 Å². The Balaban J connectivity index is 2.89. The second kappa shape index (κ2) is 4.25. The zero-order chi connectivity index (χ0) is 12.6. The van der Waals surface area contributed by atoms with Crippen LogP contribution in [0.2, 0.25) is 0 Å². The Bertz CT molecular complexity index is 663. The van der Waals surface area contributed by atoms with Gasteiger partial charge >= 0.3 is 0 Å². The summed E-state index contributed by atoms with van der Waals surface area (Å²) < 4.78 is 21.2. The Morgan fingerprint density at radius 2 is 1.71 bits per heavy atom. The van der Waals surface area contributed by atoms with E-state index in [-0.39, 0.29) is 0 Å². The average molecular weight is 267 g/mol. The van der Waals surface area contributed by atoms with Gasteiger partial charge in [0.1, 0.15) is 0 Å². The minimum absolute atomic E-state index is 0.314. The molecule has 0 bridgehead atoms. The van der Waals surface area contributed by atoms with Crippen LogP contribution < -0.4 is 4.90 Å². The summed E-state index contributed by atoms with van der Waals surface area (Å²) >= 11 is 4.66.